The third-order valence-electron chi connectivity index (χ3n) is 4.65. The molecule has 0 bridgehead atoms. The van der Waals surface area contributed by atoms with Crippen molar-refractivity contribution < 1.29 is 18.0 Å². The van der Waals surface area contributed by atoms with E-state index in [1.54, 1.807) is 10.9 Å². The van der Waals surface area contributed by atoms with Crippen molar-refractivity contribution in [3.8, 4) is 6.07 Å². The molecule has 0 aliphatic carbocycles. The number of nitrogens with one attached hydrogen (secondary N) is 1. The van der Waals surface area contributed by atoms with Gasteiger partial charge < -0.3 is 5.32 Å². The Morgan fingerprint density at radius 1 is 1.18 bits per heavy atom. The van der Waals surface area contributed by atoms with Gasteiger partial charge in [-0.1, -0.05) is 12.1 Å². The van der Waals surface area contributed by atoms with Crippen LogP contribution in [0.5, 0.6) is 0 Å². The second-order valence-corrected chi connectivity index (χ2v) is 9.30. The fourth-order valence-corrected chi connectivity index (χ4v) is 4.09. The second kappa shape index (κ2) is 9.44. The summed E-state index contributed by atoms with van der Waals surface area (Å²) in [4.78, 5) is 12.9. The Kier molecular flexibility index (Phi) is 6.61. The molecule has 4 rings (SSSR count). The quantitative estimate of drug-likeness (QED) is 0.327. The summed E-state index contributed by atoms with van der Waals surface area (Å²) in [5.41, 5.74) is -2.25. The Bertz CT molecular complexity index is 1230. The van der Waals surface area contributed by atoms with Crippen LogP contribution in [-0.4, -0.2) is 38.6 Å². The Morgan fingerprint density at radius 3 is 2.48 bits per heavy atom. The highest BCUT2D eigenvalue weighted by Gasteiger charge is 2.33. The van der Waals surface area contributed by atoms with Gasteiger partial charge in [-0.15, -0.1) is 0 Å². The zero-order valence-corrected chi connectivity index (χ0v) is 19.6. The number of rotatable bonds is 4. The third kappa shape index (κ3) is 5.66. The number of hydrazone groups is 1. The Balaban J connectivity index is 1.55. The van der Waals surface area contributed by atoms with Crippen molar-refractivity contribution in [2.24, 2.45) is 5.10 Å². The Hall–Kier alpha value is -3.05. The first kappa shape index (κ1) is 23.1. The van der Waals surface area contributed by atoms with Crippen molar-refractivity contribution in [1.29, 1.82) is 5.26 Å². The van der Waals surface area contributed by atoms with Crippen LogP contribution in [0.25, 0.3) is 0 Å². The minimum Gasteiger partial charge on any atom is -0.306 e. The second-order valence-electron chi connectivity index (χ2n) is 6.91. The molecular formula is C21H14F3IN6OS. The van der Waals surface area contributed by atoms with Gasteiger partial charge in [-0.05, 0) is 70.8 Å². The molecule has 0 radical (unpaired) electrons. The van der Waals surface area contributed by atoms with E-state index in [2.05, 4.69) is 38.1 Å². The maximum absolute atomic E-state index is 12.8. The summed E-state index contributed by atoms with van der Waals surface area (Å²) in [6.07, 6.45) is 3.03. The molecule has 33 heavy (non-hydrogen) atoms. The first-order valence-corrected chi connectivity index (χ1v) is 11.3. The average Bonchev–Trinajstić information content (AvgIpc) is 3.42. The van der Waals surface area contributed by atoms with Gasteiger partial charge in [0.25, 0.3) is 0 Å². The minimum atomic E-state index is -4.38. The molecule has 0 saturated carbocycles. The van der Waals surface area contributed by atoms with E-state index in [-0.39, 0.29) is 23.2 Å². The van der Waals surface area contributed by atoms with Crippen molar-refractivity contribution in [2.75, 3.05) is 11.9 Å². The van der Waals surface area contributed by atoms with Crippen LogP contribution in [0.2, 0.25) is 0 Å². The molecule has 0 saturated heterocycles. The number of nitrogens with zero attached hydrogens (tertiary/aromatic N) is 5. The molecule has 7 nitrogen and oxygen atoms in total. The summed E-state index contributed by atoms with van der Waals surface area (Å²) < 4.78 is 40.1. The number of carbonyl (C=O) groups excluding carboxylic acids is 1. The van der Waals surface area contributed by atoms with E-state index < -0.39 is 17.6 Å². The number of nitriles is 1. The van der Waals surface area contributed by atoms with Crippen LogP contribution in [0.1, 0.15) is 17.2 Å². The van der Waals surface area contributed by atoms with Crippen LogP contribution < -0.4 is 5.32 Å². The van der Waals surface area contributed by atoms with Crippen LogP contribution >= 0.6 is 34.4 Å². The Labute approximate surface area is 204 Å². The van der Waals surface area contributed by atoms with E-state index in [0.717, 1.165) is 9.13 Å². The van der Waals surface area contributed by atoms with Gasteiger partial charge >= 0.3 is 11.5 Å². The molecule has 3 aromatic rings. The van der Waals surface area contributed by atoms with E-state index in [0.29, 0.717) is 17.0 Å². The van der Waals surface area contributed by atoms with Gasteiger partial charge in [0, 0.05) is 25.9 Å². The number of aromatic nitrogens is 2. The van der Waals surface area contributed by atoms with Gasteiger partial charge in [0.15, 0.2) is 0 Å². The summed E-state index contributed by atoms with van der Waals surface area (Å²) in [5, 5.41) is 21.7. The fraction of sp³-hybridized carbons (Fsp3) is 0.143. The van der Waals surface area contributed by atoms with Crippen LogP contribution in [0.4, 0.5) is 23.7 Å². The number of alkyl halides is 3. The molecule has 0 spiro atoms. The monoisotopic (exact) mass is 582 g/mol. The zero-order valence-electron chi connectivity index (χ0n) is 16.6. The van der Waals surface area contributed by atoms with Gasteiger partial charge in [-0.2, -0.15) is 28.6 Å². The first-order chi connectivity index (χ1) is 15.7. The molecule has 12 heteroatoms. The topological polar surface area (TPSA) is 86.3 Å². The van der Waals surface area contributed by atoms with Crippen molar-refractivity contribution in [1.82, 2.24) is 14.8 Å². The number of urea groups is 1. The van der Waals surface area contributed by atoms with Crippen LogP contribution in [0.3, 0.4) is 0 Å². The molecule has 1 N–H and O–H groups in total. The lowest BCUT2D eigenvalue weighted by Gasteiger charge is -2.16. The number of carbonyl (C=O) groups is 1. The number of thioether (sulfide) groups is 1. The van der Waals surface area contributed by atoms with Crippen molar-refractivity contribution in [2.45, 2.75) is 16.4 Å². The largest absolute Gasteiger partial charge is 0.446 e. The van der Waals surface area contributed by atoms with E-state index in [4.69, 9.17) is 5.26 Å². The number of benzene rings is 2. The molecule has 1 unspecified atom stereocenters. The summed E-state index contributed by atoms with van der Waals surface area (Å²) in [6.45, 7) is 0.168. The van der Waals surface area contributed by atoms with Crippen LogP contribution in [-0.2, 0) is 0 Å². The lowest BCUT2D eigenvalue weighted by Crippen LogP contribution is -2.31. The van der Waals surface area contributed by atoms with Crippen LogP contribution in [0, 0.1) is 14.9 Å². The zero-order chi connectivity index (χ0) is 23.6. The standard InChI is InChI=1S/C21H14F3IN6OS/c22-21(23,24)33-17-7-5-16(6-8-17)28-20(32)31-12-18(30-11-13(9-26)10-27-30)19(29-31)14-1-3-15(25)4-2-14/h1-8,10-11,18H,12H2,(H,28,32). The molecule has 1 aliphatic heterocycles. The number of hydrogen-bond acceptors (Lipinski definition) is 5. The molecule has 168 valence electrons. The normalized spacial score (nSPS) is 15.8. The summed E-state index contributed by atoms with van der Waals surface area (Å²) in [7, 11) is 0. The molecule has 1 aromatic heterocycles. The number of hydrogen-bond donors (Lipinski definition) is 1. The van der Waals surface area contributed by atoms with E-state index in [1.165, 1.54) is 35.5 Å². The smallest absolute Gasteiger partial charge is 0.306 e. The molecular weight excluding hydrogens is 568 g/mol. The maximum Gasteiger partial charge on any atom is 0.446 e. The van der Waals surface area contributed by atoms with Gasteiger partial charge in [-0.3, -0.25) is 4.68 Å². The highest BCUT2D eigenvalue weighted by molar-refractivity contribution is 14.1. The molecule has 2 amide bonds. The Morgan fingerprint density at radius 2 is 1.88 bits per heavy atom. The van der Waals surface area contributed by atoms with Gasteiger partial charge in [0.1, 0.15) is 12.1 Å². The predicted molar refractivity (Wildman–Crippen MR) is 126 cm³/mol. The first-order valence-electron chi connectivity index (χ1n) is 9.45. The van der Waals surface area contributed by atoms with E-state index in [1.807, 2.05) is 30.3 Å². The summed E-state index contributed by atoms with van der Waals surface area (Å²) >= 11 is 1.97. The highest BCUT2D eigenvalue weighted by Crippen LogP contribution is 2.37. The van der Waals surface area contributed by atoms with Crippen LogP contribution in [0.15, 0.2) is 70.9 Å². The van der Waals surface area contributed by atoms with E-state index >= 15 is 0 Å². The van der Waals surface area contributed by atoms with E-state index in [9.17, 15) is 18.0 Å². The predicted octanol–water partition coefficient (Wildman–Crippen LogP) is 5.46. The third-order valence-corrected chi connectivity index (χ3v) is 6.11. The molecule has 2 aromatic carbocycles. The molecule has 0 fully saturated rings. The highest BCUT2D eigenvalue weighted by atomic mass is 127. The van der Waals surface area contributed by atoms with Crippen molar-refractivity contribution >= 4 is 51.8 Å². The summed E-state index contributed by atoms with van der Waals surface area (Å²) in [5.74, 6) is 0. The lowest BCUT2D eigenvalue weighted by atomic mass is 10.0. The number of halogens is 4. The SMILES string of the molecule is N#Cc1cnn(C2CN(C(=O)Nc3ccc(SC(F)(F)F)cc3)N=C2c2ccc(I)cc2)c1. The maximum atomic E-state index is 12.8. The molecule has 2 heterocycles. The lowest BCUT2D eigenvalue weighted by molar-refractivity contribution is -0.0328. The fourth-order valence-electron chi connectivity index (χ4n) is 3.19. The summed E-state index contributed by atoms with van der Waals surface area (Å²) in [6, 6.07) is 14.1. The van der Waals surface area contributed by atoms with Gasteiger partial charge in [-0.25, -0.2) is 9.80 Å². The number of amides is 2. The molecule has 1 aliphatic rings. The molecule has 1 atom stereocenters. The van der Waals surface area contributed by atoms with Gasteiger partial charge in [0.2, 0.25) is 0 Å². The average molecular weight is 582 g/mol. The van der Waals surface area contributed by atoms with Crippen molar-refractivity contribution in [3.63, 3.8) is 0 Å². The number of anilines is 1. The van der Waals surface area contributed by atoms with Crippen molar-refractivity contribution in [3.05, 3.63) is 75.6 Å². The minimum absolute atomic E-state index is 0.0210. The van der Waals surface area contributed by atoms with Gasteiger partial charge in [0.05, 0.1) is 24.0 Å².